The van der Waals surface area contributed by atoms with E-state index in [1.165, 1.54) is 11.3 Å². The van der Waals surface area contributed by atoms with Gasteiger partial charge < -0.3 is 10.5 Å². The van der Waals surface area contributed by atoms with Crippen molar-refractivity contribution in [1.29, 1.82) is 0 Å². The molecule has 8 heteroatoms. The van der Waals surface area contributed by atoms with E-state index >= 15 is 0 Å². The fraction of sp³-hybridized carbons (Fsp3) is 0.0714. The summed E-state index contributed by atoms with van der Waals surface area (Å²) >= 11 is 2.91. The minimum absolute atomic E-state index is 0.416. The molecule has 3 aromatic rings. The zero-order chi connectivity index (χ0) is 15.7. The zero-order valence-corrected chi connectivity index (χ0v) is 12.8. The van der Waals surface area contributed by atoms with Gasteiger partial charge in [0.2, 0.25) is 0 Å². The summed E-state index contributed by atoms with van der Waals surface area (Å²) in [6.07, 6.45) is 0. The second kappa shape index (κ2) is 5.74. The number of ether oxygens (including phenoxy) is 1. The van der Waals surface area contributed by atoms with Crippen molar-refractivity contribution in [3.8, 4) is 0 Å². The first-order valence-electron chi connectivity index (χ1n) is 6.22. The normalized spacial score (nSPS) is 10.7. The van der Waals surface area contributed by atoms with Crippen molar-refractivity contribution in [1.82, 2.24) is 5.32 Å². The maximum absolute atomic E-state index is 11.9. The molecule has 0 fully saturated rings. The quantitative estimate of drug-likeness (QED) is 0.719. The van der Waals surface area contributed by atoms with Gasteiger partial charge in [0.15, 0.2) is 6.61 Å². The first-order chi connectivity index (χ1) is 10.5. The summed E-state index contributed by atoms with van der Waals surface area (Å²) in [5, 5.41) is 2.92. The van der Waals surface area contributed by atoms with Crippen LogP contribution in [0.3, 0.4) is 0 Å². The van der Waals surface area contributed by atoms with Crippen LogP contribution < -0.4 is 11.1 Å². The molecule has 0 spiro atoms. The molecule has 3 amide bonds. The van der Waals surface area contributed by atoms with Gasteiger partial charge >= 0.3 is 12.0 Å². The van der Waals surface area contributed by atoms with Gasteiger partial charge in [0.1, 0.15) is 4.88 Å². The number of benzene rings is 1. The van der Waals surface area contributed by atoms with Gasteiger partial charge in [-0.3, -0.25) is 10.1 Å². The number of carbonyl (C=O) groups excluding carboxylic acids is 3. The number of esters is 1. The number of amides is 3. The summed E-state index contributed by atoms with van der Waals surface area (Å²) in [6.45, 7) is -0.548. The van der Waals surface area contributed by atoms with E-state index in [0.717, 1.165) is 19.5 Å². The van der Waals surface area contributed by atoms with Gasteiger partial charge in [-0.25, -0.2) is 9.59 Å². The Hall–Kier alpha value is -2.45. The number of imide groups is 1. The summed E-state index contributed by atoms with van der Waals surface area (Å²) in [6, 6.07) is 8.71. The van der Waals surface area contributed by atoms with E-state index in [1.807, 2.05) is 29.6 Å². The zero-order valence-electron chi connectivity index (χ0n) is 11.1. The molecule has 0 atom stereocenters. The predicted molar refractivity (Wildman–Crippen MR) is 85.2 cm³/mol. The highest BCUT2D eigenvalue weighted by Crippen LogP contribution is 2.39. The van der Waals surface area contributed by atoms with Crippen molar-refractivity contribution in [3.63, 3.8) is 0 Å². The second-order valence-electron chi connectivity index (χ2n) is 4.39. The predicted octanol–water partition coefficient (Wildman–Crippen LogP) is 2.47. The lowest BCUT2D eigenvalue weighted by Gasteiger charge is -2.02. The molecule has 0 bridgehead atoms. The number of rotatable bonds is 3. The highest BCUT2D eigenvalue weighted by Gasteiger charge is 2.16. The minimum Gasteiger partial charge on any atom is -0.451 e. The number of hydrogen-bond acceptors (Lipinski definition) is 6. The SMILES string of the molecule is NC(=O)NC(=O)COC(=O)c1cc2sc3ccccc3c2s1. The van der Waals surface area contributed by atoms with Crippen molar-refractivity contribution < 1.29 is 19.1 Å². The Morgan fingerprint density at radius 3 is 2.68 bits per heavy atom. The number of primary amides is 1. The summed E-state index contributed by atoms with van der Waals surface area (Å²) in [7, 11) is 0. The van der Waals surface area contributed by atoms with Crippen LogP contribution in [0.25, 0.3) is 19.5 Å². The molecule has 3 rings (SSSR count). The van der Waals surface area contributed by atoms with Crippen LogP contribution in [0.2, 0.25) is 0 Å². The fourth-order valence-corrected chi connectivity index (χ4v) is 4.39. The number of thiophene rings is 2. The Bertz CT molecular complexity index is 897. The third-order valence-electron chi connectivity index (χ3n) is 2.85. The molecule has 3 N–H and O–H groups in total. The minimum atomic E-state index is -0.982. The monoisotopic (exact) mass is 334 g/mol. The lowest BCUT2D eigenvalue weighted by molar-refractivity contribution is -0.123. The maximum atomic E-state index is 11.9. The Labute approximate surface area is 132 Å². The third-order valence-corrected chi connectivity index (χ3v) is 5.24. The van der Waals surface area contributed by atoms with E-state index < -0.39 is 24.5 Å². The molecule has 0 aliphatic heterocycles. The van der Waals surface area contributed by atoms with Crippen LogP contribution in [0.1, 0.15) is 9.67 Å². The molecule has 6 nitrogen and oxygen atoms in total. The first kappa shape index (κ1) is 14.5. The Morgan fingerprint density at radius 2 is 1.91 bits per heavy atom. The van der Waals surface area contributed by atoms with Gasteiger partial charge in [0.25, 0.3) is 5.91 Å². The number of urea groups is 1. The van der Waals surface area contributed by atoms with Gasteiger partial charge in [0, 0.05) is 14.8 Å². The molecule has 0 aliphatic rings. The first-order valence-corrected chi connectivity index (χ1v) is 7.85. The number of hydrogen-bond donors (Lipinski definition) is 2. The largest absolute Gasteiger partial charge is 0.451 e. The Morgan fingerprint density at radius 1 is 1.14 bits per heavy atom. The van der Waals surface area contributed by atoms with Crippen LogP contribution >= 0.6 is 22.7 Å². The summed E-state index contributed by atoms with van der Waals surface area (Å²) in [5.74, 6) is -1.36. The molecular weight excluding hydrogens is 324 g/mol. The van der Waals surface area contributed by atoms with E-state index in [2.05, 4.69) is 0 Å². The average Bonchev–Trinajstić information content (AvgIpc) is 3.01. The Kier molecular flexibility index (Phi) is 3.78. The molecule has 0 aliphatic carbocycles. The molecular formula is C14H10N2O4S2. The molecule has 1 aromatic carbocycles. The van der Waals surface area contributed by atoms with E-state index in [9.17, 15) is 14.4 Å². The highest BCUT2D eigenvalue weighted by molar-refractivity contribution is 7.33. The summed E-state index contributed by atoms with van der Waals surface area (Å²) in [4.78, 5) is 34.0. The van der Waals surface area contributed by atoms with Gasteiger partial charge in [0.05, 0.1) is 4.70 Å². The van der Waals surface area contributed by atoms with Crippen LogP contribution in [0.4, 0.5) is 4.79 Å². The average molecular weight is 334 g/mol. The van der Waals surface area contributed by atoms with Gasteiger partial charge in [-0.15, -0.1) is 22.7 Å². The molecule has 2 heterocycles. The lowest BCUT2D eigenvalue weighted by atomic mass is 10.2. The molecule has 0 saturated carbocycles. The van der Waals surface area contributed by atoms with Crippen molar-refractivity contribution in [2.24, 2.45) is 5.73 Å². The maximum Gasteiger partial charge on any atom is 0.348 e. The number of nitrogens with one attached hydrogen (secondary N) is 1. The fourth-order valence-electron chi connectivity index (χ4n) is 1.98. The molecule has 112 valence electrons. The summed E-state index contributed by atoms with van der Waals surface area (Å²) < 4.78 is 8.04. The van der Waals surface area contributed by atoms with Gasteiger partial charge in [-0.1, -0.05) is 18.2 Å². The third kappa shape index (κ3) is 2.78. The van der Waals surface area contributed by atoms with Gasteiger partial charge in [-0.2, -0.15) is 0 Å². The number of carbonyl (C=O) groups is 3. The van der Waals surface area contributed by atoms with E-state index in [-0.39, 0.29) is 0 Å². The molecule has 0 saturated heterocycles. The number of fused-ring (bicyclic) bond motifs is 3. The van der Waals surface area contributed by atoms with Crippen LogP contribution in [0.15, 0.2) is 30.3 Å². The van der Waals surface area contributed by atoms with Crippen LogP contribution in [0, 0.1) is 0 Å². The number of nitrogens with two attached hydrogens (primary N) is 1. The smallest absolute Gasteiger partial charge is 0.348 e. The molecule has 2 aromatic heterocycles. The standard InChI is InChI=1S/C14H10N2O4S2/c15-14(19)16-11(17)6-20-13(18)10-5-9-12(22-10)7-3-1-2-4-8(7)21-9/h1-5H,6H2,(H3,15,16,17,19). The van der Waals surface area contributed by atoms with E-state index in [1.54, 1.807) is 17.4 Å². The van der Waals surface area contributed by atoms with Crippen molar-refractivity contribution in [2.45, 2.75) is 0 Å². The van der Waals surface area contributed by atoms with E-state index in [0.29, 0.717) is 4.88 Å². The Balaban J connectivity index is 1.77. The van der Waals surface area contributed by atoms with Crippen molar-refractivity contribution in [2.75, 3.05) is 6.61 Å². The lowest BCUT2D eigenvalue weighted by Crippen LogP contribution is -2.37. The van der Waals surface area contributed by atoms with Crippen LogP contribution in [-0.2, 0) is 9.53 Å². The van der Waals surface area contributed by atoms with E-state index in [4.69, 9.17) is 10.5 Å². The topological polar surface area (TPSA) is 98.5 Å². The van der Waals surface area contributed by atoms with Crippen LogP contribution in [0.5, 0.6) is 0 Å². The second-order valence-corrected chi connectivity index (χ2v) is 6.53. The summed E-state index contributed by atoms with van der Waals surface area (Å²) in [5.41, 5.74) is 4.79. The molecule has 0 radical (unpaired) electrons. The van der Waals surface area contributed by atoms with Gasteiger partial charge in [-0.05, 0) is 12.1 Å². The van der Waals surface area contributed by atoms with Crippen molar-refractivity contribution >= 4 is 60.1 Å². The highest BCUT2D eigenvalue weighted by atomic mass is 32.1. The van der Waals surface area contributed by atoms with Crippen molar-refractivity contribution in [3.05, 3.63) is 35.2 Å². The molecule has 0 unspecified atom stereocenters. The van der Waals surface area contributed by atoms with Crippen LogP contribution in [-0.4, -0.2) is 24.5 Å². The molecule has 22 heavy (non-hydrogen) atoms.